The van der Waals surface area contributed by atoms with Crippen molar-refractivity contribution in [3.8, 4) is 0 Å². The number of carbonyl (C=O) groups excluding carboxylic acids is 2. The van der Waals surface area contributed by atoms with E-state index in [-0.39, 0.29) is 29.2 Å². The lowest BCUT2D eigenvalue weighted by atomic mass is 10.1. The highest BCUT2D eigenvalue weighted by Gasteiger charge is 2.14. The summed E-state index contributed by atoms with van der Waals surface area (Å²) in [6.45, 7) is 5.71. The third-order valence-electron chi connectivity index (χ3n) is 2.14. The number of hydrogen-bond acceptors (Lipinski definition) is 5. The second-order valence-corrected chi connectivity index (χ2v) is 5.17. The van der Waals surface area contributed by atoms with Crippen molar-refractivity contribution in [2.75, 3.05) is 17.6 Å². The molecule has 1 aromatic heterocycles. The first-order chi connectivity index (χ1) is 8.69. The van der Waals surface area contributed by atoms with Crippen LogP contribution in [-0.4, -0.2) is 28.9 Å². The quantitative estimate of drug-likeness (QED) is 0.614. The zero-order valence-corrected chi connectivity index (χ0v) is 11.3. The zero-order valence-electron chi connectivity index (χ0n) is 11.3. The van der Waals surface area contributed by atoms with Crippen molar-refractivity contribution >= 4 is 23.3 Å². The number of aromatic nitrogens is 1. The number of anilines is 2. The summed E-state index contributed by atoms with van der Waals surface area (Å²) < 4.78 is 0. The minimum absolute atomic E-state index is 0.0480. The molecular formula is C12H19N5O2. The van der Waals surface area contributed by atoms with E-state index < -0.39 is 5.91 Å². The first kappa shape index (κ1) is 14.7. The van der Waals surface area contributed by atoms with Crippen molar-refractivity contribution in [1.82, 2.24) is 10.3 Å². The van der Waals surface area contributed by atoms with Gasteiger partial charge in [0.1, 0.15) is 5.82 Å². The van der Waals surface area contributed by atoms with E-state index in [1.807, 2.05) is 20.8 Å². The lowest BCUT2D eigenvalue weighted by molar-refractivity contribution is -0.120. The van der Waals surface area contributed by atoms with Crippen LogP contribution in [0.5, 0.6) is 0 Å². The molecule has 2 amide bonds. The molecule has 1 heterocycles. The maximum atomic E-state index is 11.6. The van der Waals surface area contributed by atoms with Crippen LogP contribution in [-0.2, 0) is 4.79 Å². The summed E-state index contributed by atoms with van der Waals surface area (Å²) in [5.41, 5.74) is 10.8. The van der Waals surface area contributed by atoms with Crippen molar-refractivity contribution in [2.24, 2.45) is 5.73 Å². The Balaban J connectivity index is 2.66. The number of hydrogen-bond donors (Lipinski definition) is 4. The molecule has 0 saturated carbocycles. The molecule has 7 nitrogen and oxygen atoms in total. The van der Waals surface area contributed by atoms with Crippen molar-refractivity contribution in [2.45, 2.75) is 26.3 Å². The first-order valence-electron chi connectivity index (χ1n) is 5.79. The molecule has 0 saturated heterocycles. The summed E-state index contributed by atoms with van der Waals surface area (Å²) in [7, 11) is 0. The molecule has 104 valence electrons. The predicted octanol–water partition coefficient (Wildman–Crippen LogP) is 0.0893. The molecule has 0 atom stereocenters. The van der Waals surface area contributed by atoms with Gasteiger partial charge in [0.05, 0.1) is 24.0 Å². The van der Waals surface area contributed by atoms with Crippen LogP contribution in [0, 0.1) is 0 Å². The smallest absolute Gasteiger partial charge is 0.250 e. The van der Waals surface area contributed by atoms with Crippen molar-refractivity contribution < 1.29 is 9.59 Å². The molecule has 0 bridgehead atoms. The first-order valence-corrected chi connectivity index (χ1v) is 5.79. The van der Waals surface area contributed by atoms with Crippen LogP contribution in [0.3, 0.4) is 0 Å². The Labute approximate surface area is 111 Å². The highest BCUT2D eigenvalue weighted by molar-refractivity contribution is 5.98. The molecule has 1 rings (SSSR count). The molecule has 0 fully saturated rings. The van der Waals surface area contributed by atoms with Crippen LogP contribution in [0.2, 0.25) is 0 Å². The fourth-order valence-electron chi connectivity index (χ4n) is 1.41. The molecule has 19 heavy (non-hydrogen) atoms. The number of carbonyl (C=O) groups is 2. The van der Waals surface area contributed by atoms with Gasteiger partial charge in [-0.1, -0.05) is 0 Å². The average Bonchev–Trinajstić information content (AvgIpc) is 2.25. The Hall–Kier alpha value is -2.31. The summed E-state index contributed by atoms with van der Waals surface area (Å²) >= 11 is 0. The normalized spacial score (nSPS) is 10.9. The molecular weight excluding hydrogens is 246 g/mol. The number of nitrogens with zero attached hydrogens (tertiary/aromatic N) is 1. The van der Waals surface area contributed by atoms with E-state index >= 15 is 0 Å². The van der Waals surface area contributed by atoms with Gasteiger partial charge in [-0.2, -0.15) is 0 Å². The summed E-state index contributed by atoms with van der Waals surface area (Å²) in [5, 5.41) is 5.60. The van der Waals surface area contributed by atoms with E-state index in [1.165, 1.54) is 12.3 Å². The average molecular weight is 265 g/mol. The zero-order chi connectivity index (χ0) is 14.6. The largest absolute Gasteiger partial charge is 0.397 e. The minimum Gasteiger partial charge on any atom is -0.397 e. The molecule has 0 aromatic carbocycles. The topological polar surface area (TPSA) is 123 Å². The lowest BCUT2D eigenvalue weighted by Gasteiger charge is -2.20. The van der Waals surface area contributed by atoms with Gasteiger partial charge in [-0.25, -0.2) is 4.98 Å². The van der Waals surface area contributed by atoms with Gasteiger partial charge in [0.25, 0.3) is 5.91 Å². The van der Waals surface area contributed by atoms with Crippen LogP contribution in [0.4, 0.5) is 11.5 Å². The fraction of sp³-hybridized carbons (Fsp3) is 0.417. The van der Waals surface area contributed by atoms with Gasteiger partial charge < -0.3 is 22.1 Å². The molecule has 7 heteroatoms. The summed E-state index contributed by atoms with van der Waals surface area (Å²) in [6.07, 6.45) is 1.32. The van der Waals surface area contributed by atoms with Gasteiger partial charge in [-0.05, 0) is 26.8 Å². The number of primary amides is 1. The third kappa shape index (κ3) is 4.82. The van der Waals surface area contributed by atoms with Crippen LogP contribution < -0.4 is 22.1 Å². The molecule has 0 radical (unpaired) electrons. The number of rotatable bonds is 4. The second kappa shape index (κ2) is 5.55. The molecule has 0 spiro atoms. The highest BCUT2D eigenvalue weighted by Crippen LogP contribution is 2.13. The van der Waals surface area contributed by atoms with Crippen LogP contribution >= 0.6 is 0 Å². The second-order valence-electron chi connectivity index (χ2n) is 5.17. The lowest BCUT2D eigenvalue weighted by Crippen LogP contribution is -2.43. The van der Waals surface area contributed by atoms with Crippen molar-refractivity contribution in [1.29, 1.82) is 0 Å². The van der Waals surface area contributed by atoms with Crippen LogP contribution in [0.15, 0.2) is 12.3 Å². The maximum absolute atomic E-state index is 11.6. The SMILES string of the molecule is CC(C)(C)NC(=O)CNc1cc(C(N)=O)c(N)cn1. The van der Waals surface area contributed by atoms with E-state index in [0.717, 1.165) is 0 Å². The molecule has 0 aliphatic carbocycles. The number of nitrogens with one attached hydrogen (secondary N) is 2. The summed E-state index contributed by atoms with van der Waals surface area (Å²) in [4.78, 5) is 26.7. The van der Waals surface area contributed by atoms with Gasteiger partial charge in [0, 0.05) is 5.54 Å². The van der Waals surface area contributed by atoms with Gasteiger partial charge in [-0.15, -0.1) is 0 Å². The Morgan fingerprint density at radius 1 is 1.37 bits per heavy atom. The number of nitrogen functional groups attached to an aromatic ring is 1. The fourth-order valence-corrected chi connectivity index (χ4v) is 1.41. The summed E-state index contributed by atoms with van der Waals surface area (Å²) in [5.74, 6) is -0.444. The minimum atomic E-state index is -0.637. The number of nitrogens with two attached hydrogens (primary N) is 2. The van der Waals surface area contributed by atoms with Gasteiger partial charge in [-0.3, -0.25) is 9.59 Å². The van der Waals surface area contributed by atoms with E-state index in [9.17, 15) is 9.59 Å². The highest BCUT2D eigenvalue weighted by atomic mass is 16.2. The Bertz CT molecular complexity index is 493. The standard InChI is InChI=1S/C12H19N5O2/c1-12(2,3)17-10(18)6-16-9-4-7(11(14)19)8(13)5-15-9/h4-5H,6,13H2,1-3H3,(H2,14,19)(H,15,16)(H,17,18). The van der Waals surface area contributed by atoms with E-state index in [2.05, 4.69) is 15.6 Å². The predicted molar refractivity (Wildman–Crippen MR) is 73.6 cm³/mol. The van der Waals surface area contributed by atoms with E-state index in [0.29, 0.717) is 5.82 Å². The van der Waals surface area contributed by atoms with E-state index in [4.69, 9.17) is 11.5 Å². The number of amides is 2. The van der Waals surface area contributed by atoms with Crippen LogP contribution in [0.1, 0.15) is 31.1 Å². The molecule has 0 aliphatic heterocycles. The molecule has 1 aromatic rings. The summed E-state index contributed by atoms with van der Waals surface area (Å²) in [6, 6.07) is 1.42. The van der Waals surface area contributed by atoms with Gasteiger partial charge in [0.2, 0.25) is 5.91 Å². The van der Waals surface area contributed by atoms with Crippen LogP contribution in [0.25, 0.3) is 0 Å². The number of pyridine rings is 1. The Kier molecular flexibility index (Phi) is 4.31. The van der Waals surface area contributed by atoms with Crippen molar-refractivity contribution in [3.63, 3.8) is 0 Å². The third-order valence-corrected chi connectivity index (χ3v) is 2.14. The van der Waals surface area contributed by atoms with Gasteiger partial charge in [0.15, 0.2) is 0 Å². The molecule has 0 aliphatic rings. The molecule has 0 unspecified atom stereocenters. The van der Waals surface area contributed by atoms with E-state index in [1.54, 1.807) is 0 Å². The maximum Gasteiger partial charge on any atom is 0.250 e. The monoisotopic (exact) mass is 265 g/mol. The Morgan fingerprint density at radius 2 is 2.00 bits per heavy atom. The molecule has 6 N–H and O–H groups in total. The van der Waals surface area contributed by atoms with Gasteiger partial charge >= 0.3 is 0 Å². The van der Waals surface area contributed by atoms with Crippen molar-refractivity contribution in [3.05, 3.63) is 17.8 Å². The Morgan fingerprint density at radius 3 is 2.53 bits per heavy atom.